The van der Waals surface area contributed by atoms with Crippen molar-refractivity contribution in [2.75, 3.05) is 0 Å². The van der Waals surface area contributed by atoms with Gasteiger partial charge in [0, 0.05) is 41.5 Å². The first-order valence-electron chi connectivity index (χ1n) is 11.3. The monoisotopic (exact) mass is 460 g/mol. The highest BCUT2D eigenvalue weighted by atomic mass is 19.1. The molecular weight excluding hydrogens is 438 g/mol. The lowest BCUT2D eigenvalue weighted by molar-refractivity contribution is 0.0392. The molecule has 2 atom stereocenters. The minimum absolute atomic E-state index is 0.00123. The Balaban J connectivity index is 1.40. The number of hydrogen-bond donors (Lipinski definition) is 0. The zero-order valence-corrected chi connectivity index (χ0v) is 18.5. The zero-order chi connectivity index (χ0) is 23.4. The number of aromatic nitrogens is 5. The van der Waals surface area contributed by atoms with Crippen LogP contribution in [0.5, 0.6) is 0 Å². The Morgan fingerprint density at radius 1 is 1.03 bits per heavy atom. The van der Waals surface area contributed by atoms with Crippen LogP contribution >= 0.6 is 0 Å². The van der Waals surface area contributed by atoms with E-state index >= 15 is 0 Å². The van der Waals surface area contributed by atoms with Crippen LogP contribution in [0.15, 0.2) is 55.1 Å². The average Bonchev–Trinajstić information content (AvgIpc) is 3.46. The summed E-state index contributed by atoms with van der Waals surface area (Å²) in [5, 5.41) is 12.4. The largest absolute Gasteiger partial charge is 0.327 e. The van der Waals surface area contributed by atoms with Gasteiger partial charge < -0.3 is 4.90 Å². The molecule has 2 aliphatic rings. The summed E-state index contributed by atoms with van der Waals surface area (Å²) in [7, 11) is 1.79. The molecule has 0 aliphatic carbocycles. The fourth-order valence-corrected chi connectivity index (χ4v) is 5.48. The van der Waals surface area contributed by atoms with Gasteiger partial charge in [0.05, 0.1) is 17.4 Å². The first kappa shape index (κ1) is 20.7. The fourth-order valence-electron chi connectivity index (χ4n) is 5.48. The van der Waals surface area contributed by atoms with Crippen LogP contribution < -0.4 is 0 Å². The number of piperidine rings is 1. The predicted octanol–water partition coefficient (Wildman–Crippen LogP) is 4.24. The molecule has 1 fully saturated rings. The molecular formula is C25H22F2N6O. The maximum atomic E-state index is 14.0. The van der Waals surface area contributed by atoms with Gasteiger partial charge in [-0.1, -0.05) is 6.07 Å². The molecule has 2 aromatic heterocycles. The summed E-state index contributed by atoms with van der Waals surface area (Å²) >= 11 is 0. The van der Waals surface area contributed by atoms with Gasteiger partial charge in [-0.3, -0.25) is 14.0 Å². The minimum Gasteiger partial charge on any atom is -0.327 e. The second kappa shape index (κ2) is 7.86. The number of halogens is 2. The Labute approximate surface area is 194 Å². The van der Waals surface area contributed by atoms with Crippen LogP contribution in [0.2, 0.25) is 0 Å². The van der Waals surface area contributed by atoms with Gasteiger partial charge in [-0.25, -0.2) is 8.78 Å². The minimum atomic E-state index is -0.620. The highest BCUT2D eigenvalue weighted by Crippen LogP contribution is 2.45. The number of hydrogen-bond acceptors (Lipinski definition) is 4. The number of fused-ring (bicyclic) bond motifs is 4. The van der Waals surface area contributed by atoms with Gasteiger partial charge in [-0.2, -0.15) is 5.10 Å². The second-order valence-electron chi connectivity index (χ2n) is 8.93. The Hall–Kier alpha value is -3.88. The molecule has 0 saturated carbocycles. The van der Waals surface area contributed by atoms with Crippen molar-refractivity contribution in [2.24, 2.45) is 7.05 Å². The van der Waals surface area contributed by atoms with E-state index in [4.69, 9.17) is 5.10 Å². The molecule has 1 amide bonds. The first-order chi connectivity index (χ1) is 16.5. The number of carbonyl (C=O) groups is 1. The van der Waals surface area contributed by atoms with E-state index in [0.717, 1.165) is 42.3 Å². The smallest absolute Gasteiger partial charge is 0.254 e. The third-order valence-corrected chi connectivity index (χ3v) is 6.86. The normalized spacial score (nSPS) is 19.2. The summed E-state index contributed by atoms with van der Waals surface area (Å²) in [4.78, 5) is 15.7. The number of amides is 1. The molecule has 34 heavy (non-hydrogen) atoms. The van der Waals surface area contributed by atoms with Crippen LogP contribution in [0, 0.1) is 11.6 Å². The summed E-state index contributed by atoms with van der Waals surface area (Å²) < 4.78 is 31.4. The van der Waals surface area contributed by atoms with E-state index in [1.54, 1.807) is 29.0 Å². The molecule has 1 saturated heterocycles. The molecule has 2 aromatic carbocycles. The highest BCUT2D eigenvalue weighted by molar-refractivity contribution is 5.95. The van der Waals surface area contributed by atoms with Crippen molar-refractivity contribution in [2.45, 2.75) is 37.8 Å². The fraction of sp³-hybridized carbons (Fsp3) is 0.280. The van der Waals surface area contributed by atoms with E-state index in [1.165, 1.54) is 12.1 Å². The maximum absolute atomic E-state index is 14.0. The van der Waals surface area contributed by atoms with E-state index in [0.29, 0.717) is 23.2 Å². The number of nitrogens with zero attached hydrogens (tertiary/aromatic N) is 6. The molecule has 7 nitrogen and oxygen atoms in total. The molecule has 172 valence electrons. The van der Waals surface area contributed by atoms with Gasteiger partial charge in [0.2, 0.25) is 0 Å². The lowest BCUT2D eigenvalue weighted by Crippen LogP contribution is -2.49. The van der Waals surface area contributed by atoms with Gasteiger partial charge >= 0.3 is 0 Å². The molecule has 6 rings (SSSR count). The van der Waals surface area contributed by atoms with E-state index in [2.05, 4.69) is 10.2 Å². The first-order valence-corrected chi connectivity index (χ1v) is 11.3. The average molecular weight is 460 g/mol. The highest BCUT2D eigenvalue weighted by Gasteiger charge is 2.43. The Kier molecular flexibility index (Phi) is 4.79. The second-order valence-corrected chi connectivity index (χ2v) is 8.93. The van der Waals surface area contributed by atoms with Crippen molar-refractivity contribution >= 4 is 5.91 Å². The third-order valence-electron chi connectivity index (χ3n) is 6.86. The third kappa shape index (κ3) is 3.30. The Morgan fingerprint density at radius 3 is 2.56 bits per heavy atom. The van der Waals surface area contributed by atoms with Gasteiger partial charge in [0.25, 0.3) is 5.91 Å². The molecule has 9 heteroatoms. The molecule has 0 unspecified atom stereocenters. The van der Waals surface area contributed by atoms with Crippen molar-refractivity contribution in [3.8, 4) is 16.9 Å². The van der Waals surface area contributed by atoms with Crippen LogP contribution in [0.25, 0.3) is 16.9 Å². The summed E-state index contributed by atoms with van der Waals surface area (Å²) in [5.41, 5.74) is 4.38. The lowest BCUT2D eigenvalue weighted by Gasteiger charge is -2.45. The van der Waals surface area contributed by atoms with E-state index in [9.17, 15) is 13.6 Å². The zero-order valence-electron chi connectivity index (χ0n) is 18.5. The molecule has 2 aliphatic heterocycles. The number of carbonyl (C=O) groups excluding carboxylic acids is 1. The standard InChI is InChI=1S/C25H22F2N6O/c1-31-24(16-8-17(26)11-18(27)9-16)21-12-20-6-3-7-22(23(21)30-31)33(20)25(34)15-4-2-5-19(10-15)32-13-28-29-14-32/h2,4-5,8-11,13-14,20,22H,3,6-7,12H2,1H3/t20-,22+/m1/s1. The van der Waals surface area contributed by atoms with E-state index in [-0.39, 0.29) is 18.0 Å². The summed E-state index contributed by atoms with van der Waals surface area (Å²) in [6.07, 6.45) is 6.46. The number of aryl methyl sites for hydroxylation is 1. The van der Waals surface area contributed by atoms with Crippen molar-refractivity contribution in [3.63, 3.8) is 0 Å². The van der Waals surface area contributed by atoms with Crippen molar-refractivity contribution < 1.29 is 13.6 Å². The molecule has 4 heterocycles. The van der Waals surface area contributed by atoms with Crippen LogP contribution in [0.1, 0.15) is 46.9 Å². The van der Waals surface area contributed by atoms with Crippen LogP contribution in [0.4, 0.5) is 8.78 Å². The summed E-state index contributed by atoms with van der Waals surface area (Å²) in [5.74, 6) is -1.28. The SMILES string of the molecule is Cn1nc2c(c1-c1cc(F)cc(F)c1)C[C@H]1CCC[C@@H]2N1C(=O)c1cccc(-n2cnnc2)c1. The van der Waals surface area contributed by atoms with Gasteiger partial charge in [0.1, 0.15) is 24.3 Å². The predicted molar refractivity (Wildman–Crippen MR) is 120 cm³/mol. The van der Waals surface area contributed by atoms with E-state index in [1.807, 2.05) is 29.2 Å². The number of rotatable bonds is 3. The maximum Gasteiger partial charge on any atom is 0.254 e. The Bertz CT molecular complexity index is 1380. The van der Waals surface area contributed by atoms with Crippen LogP contribution in [-0.2, 0) is 13.5 Å². The lowest BCUT2D eigenvalue weighted by atomic mass is 9.81. The van der Waals surface area contributed by atoms with E-state index < -0.39 is 11.6 Å². The molecule has 0 radical (unpaired) electrons. The summed E-state index contributed by atoms with van der Waals surface area (Å²) in [6.45, 7) is 0. The van der Waals surface area contributed by atoms with Gasteiger partial charge in [-0.05, 0) is 56.0 Å². The quantitative estimate of drug-likeness (QED) is 0.459. The van der Waals surface area contributed by atoms with Crippen LogP contribution in [-0.4, -0.2) is 41.4 Å². The van der Waals surface area contributed by atoms with Gasteiger partial charge in [0.15, 0.2) is 0 Å². The topological polar surface area (TPSA) is 68.8 Å². The molecule has 2 bridgehead atoms. The number of benzene rings is 2. The summed E-state index contributed by atoms with van der Waals surface area (Å²) in [6, 6.07) is 10.8. The molecule has 0 N–H and O–H groups in total. The van der Waals surface area contributed by atoms with Crippen molar-refractivity contribution in [1.29, 1.82) is 0 Å². The van der Waals surface area contributed by atoms with Crippen molar-refractivity contribution in [1.82, 2.24) is 29.4 Å². The van der Waals surface area contributed by atoms with Gasteiger partial charge in [-0.15, -0.1) is 10.2 Å². The molecule has 0 spiro atoms. The molecule has 4 aromatic rings. The van der Waals surface area contributed by atoms with Crippen molar-refractivity contribution in [3.05, 3.63) is 83.6 Å². The Morgan fingerprint density at radius 2 is 1.79 bits per heavy atom. The van der Waals surface area contributed by atoms with Crippen LogP contribution in [0.3, 0.4) is 0 Å².